The van der Waals surface area contributed by atoms with E-state index in [0.29, 0.717) is 0 Å². The molecule has 0 fully saturated rings. The first kappa shape index (κ1) is 13.4. The highest BCUT2D eigenvalue weighted by Gasteiger charge is 2.17. The van der Waals surface area contributed by atoms with Crippen LogP contribution in [0.1, 0.15) is 25.6 Å². The highest BCUT2D eigenvalue weighted by molar-refractivity contribution is 5.94. The lowest BCUT2D eigenvalue weighted by Gasteiger charge is -2.18. The summed E-state index contributed by atoms with van der Waals surface area (Å²) in [4.78, 5) is 12.0. The molecule has 0 aliphatic heterocycles. The Kier molecular flexibility index (Phi) is 4.36. The first-order chi connectivity index (χ1) is 9.16. The van der Waals surface area contributed by atoms with Crippen molar-refractivity contribution in [2.45, 2.75) is 25.9 Å². The van der Waals surface area contributed by atoms with Crippen molar-refractivity contribution in [3.63, 3.8) is 0 Å². The molecule has 0 spiro atoms. The van der Waals surface area contributed by atoms with Gasteiger partial charge in [-0.3, -0.25) is 10.1 Å². The fourth-order valence-corrected chi connectivity index (χ4v) is 1.84. The SMILES string of the molecule is CC(NC(C)c1ccco1)C(=O)Nc1ccccc1. The number of anilines is 1. The molecule has 2 N–H and O–H groups in total. The maximum absolute atomic E-state index is 12.0. The number of furan rings is 1. The van der Waals surface area contributed by atoms with Crippen LogP contribution in [0.5, 0.6) is 0 Å². The first-order valence-electron chi connectivity index (χ1n) is 6.32. The molecule has 2 aromatic rings. The summed E-state index contributed by atoms with van der Waals surface area (Å²) in [7, 11) is 0. The van der Waals surface area contributed by atoms with Crippen molar-refractivity contribution >= 4 is 11.6 Å². The second-order valence-corrected chi connectivity index (χ2v) is 4.48. The van der Waals surface area contributed by atoms with Crippen molar-refractivity contribution in [2.24, 2.45) is 0 Å². The molecule has 1 aromatic heterocycles. The molecule has 2 atom stereocenters. The number of hydrogen-bond donors (Lipinski definition) is 2. The summed E-state index contributed by atoms with van der Waals surface area (Å²) in [5.74, 6) is 0.754. The van der Waals surface area contributed by atoms with E-state index >= 15 is 0 Å². The molecule has 0 radical (unpaired) electrons. The molecule has 2 unspecified atom stereocenters. The van der Waals surface area contributed by atoms with Gasteiger partial charge in [-0.05, 0) is 38.1 Å². The third-order valence-corrected chi connectivity index (χ3v) is 2.90. The summed E-state index contributed by atoms with van der Waals surface area (Å²) in [5.41, 5.74) is 0.798. The Morgan fingerprint density at radius 3 is 2.47 bits per heavy atom. The minimum Gasteiger partial charge on any atom is -0.468 e. The maximum atomic E-state index is 12.0. The molecule has 4 heteroatoms. The monoisotopic (exact) mass is 258 g/mol. The number of para-hydroxylation sites is 1. The zero-order valence-electron chi connectivity index (χ0n) is 11.1. The molecule has 1 amide bonds. The zero-order chi connectivity index (χ0) is 13.7. The van der Waals surface area contributed by atoms with Gasteiger partial charge in [0.05, 0.1) is 18.3 Å². The Morgan fingerprint density at radius 2 is 1.84 bits per heavy atom. The lowest BCUT2D eigenvalue weighted by Crippen LogP contribution is -2.39. The summed E-state index contributed by atoms with van der Waals surface area (Å²) in [6.45, 7) is 3.79. The topological polar surface area (TPSA) is 54.3 Å². The number of benzene rings is 1. The van der Waals surface area contributed by atoms with Gasteiger partial charge in [-0.15, -0.1) is 0 Å². The van der Waals surface area contributed by atoms with E-state index < -0.39 is 0 Å². The number of rotatable bonds is 5. The van der Waals surface area contributed by atoms with Gasteiger partial charge >= 0.3 is 0 Å². The molecule has 1 aromatic carbocycles. The number of hydrogen-bond acceptors (Lipinski definition) is 3. The lowest BCUT2D eigenvalue weighted by molar-refractivity contribution is -0.118. The van der Waals surface area contributed by atoms with Crippen LogP contribution in [0.2, 0.25) is 0 Å². The van der Waals surface area contributed by atoms with E-state index in [2.05, 4.69) is 10.6 Å². The lowest BCUT2D eigenvalue weighted by atomic mass is 10.2. The van der Waals surface area contributed by atoms with Gasteiger partial charge < -0.3 is 9.73 Å². The van der Waals surface area contributed by atoms with E-state index in [0.717, 1.165) is 11.4 Å². The third kappa shape index (κ3) is 3.69. The van der Waals surface area contributed by atoms with Crippen molar-refractivity contribution in [2.75, 3.05) is 5.32 Å². The van der Waals surface area contributed by atoms with Crippen LogP contribution in [0.4, 0.5) is 5.69 Å². The predicted octanol–water partition coefficient (Wildman–Crippen LogP) is 2.96. The summed E-state index contributed by atoms with van der Waals surface area (Å²) in [6, 6.07) is 12.8. The summed E-state index contributed by atoms with van der Waals surface area (Å²) in [5, 5.41) is 6.06. The molecule has 1 heterocycles. The molecule has 4 nitrogen and oxygen atoms in total. The van der Waals surface area contributed by atoms with Gasteiger partial charge in [0, 0.05) is 5.69 Å². The van der Waals surface area contributed by atoms with Crippen LogP contribution in [0.25, 0.3) is 0 Å². The van der Waals surface area contributed by atoms with Crippen LogP contribution >= 0.6 is 0 Å². The van der Waals surface area contributed by atoms with Gasteiger partial charge in [0.25, 0.3) is 0 Å². The molecule has 0 aliphatic rings. The minimum atomic E-state index is -0.305. The second-order valence-electron chi connectivity index (χ2n) is 4.48. The van der Waals surface area contributed by atoms with Crippen LogP contribution in [-0.2, 0) is 4.79 Å². The van der Waals surface area contributed by atoms with Crippen molar-refractivity contribution < 1.29 is 9.21 Å². The van der Waals surface area contributed by atoms with Crippen LogP contribution in [-0.4, -0.2) is 11.9 Å². The molecule has 0 saturated carbocycles. The normalized spacial score (nSPS) is 13.8. The van der Waals surface area contributed by atoms with E-state index in [1.54, 1.807) is 6.26 Å². The molecule has 2 rings (SSSR count). The predicted molar refractivity (Wildman–Crippen MR) is 74.8 cm³/mol. The van der Waals surface area contributed by atoms with Crippen LogP contribution in [0, 0.1) is 0 Å². The zero-order valence-corrected chi connectivity index (χ0v) is 11.1. The number of carbonyl (C=O) groups excluding carboxylic acids is 1. The van der Waals surface area contributed by atoms with Crippen molar-refractivity contribution in [3.8, 4) is 0 Å². The smallest absolute Gasteiger partial charge is 0.241 e. The van der Waals surface area contributed by atoms with Gasteiger partial charge in [-0.25, -0.2) is 0 Å². The molecular weight excluding hydrogens is 240 g/mol. The first-order valence-corrected chi connectivity index (χ1v) is 6.32. The van der Waals surface area contributed by atoms with Gasteiger partial charge in [0.2, 0.25) is 5.91 Å². The van der Waals surface area contributed by atoms with Crippen molar-refractivity contribution in [3.05, 3.63) is 54.5 Å². The third-order valence-electron chi connectivity index (χ3n) is 2.90. The van der Waals surface area contributed by atoms with E-state index in [1.165, 1.54) is 0 Å². The van der Waals surface area contributed by atoms with Gasteiger partial charge in [0.1, 0.15) is 5.76 Å². The number of amides is 1. The molecule has 0 aliphatic carbocycles. The number of carbonyl (C=O) groups is 1. The minimum absolute atomic E-state index is 0.00785. The Morgan fingerprint density at radius 1 is 1.11 bits per heavy atom. The van der Waals surface area contributed by atoms with Crippen molar-refractivity contribution in [1.82, 2.24) is 5.32 Å². The molecule has 0 saturated heterocycles. The van der Waals surface area contributed by atoms with Crippen LogP contribution in [0.15, 0.2) is 53.1 Å². The fourth-order valence-electron chi connectivity index (χ4n) is 1.84. The van der Waals surface area contributed by atoms with E-state index in [1.807, 2.05) is 56.3 Å². The Hall–Kier alpha value is -2.07. The molecular formula is C15H18N2O2. The summed E-state index contributed by atoms with van der Waals surface area (Å²) in [6.07, 6.45) is 1.63. The van der Waals surface area contributed by atoms with E-state index in [9.17, 15) is 4.79 Å². The second kappa shape index (κ2) is 6.20. The Labute approximate surface area is 112 Å². The van der Waals surface area contributed by atoms with Gasteiger partial charge in [-0.1, -0.05) is 18.2 Å². The Balaban J connectivity index is 1.89. The average molecular weight is 258 g/mol. The fraction of sp³-hybridized carbons (Fsp3) is 0.267. The van der Waals surface area contributed by atoms with E-state index in [-0.39, 0.29) is 18.0 Å². The maximum Gasteiger partial charge on any atom is 0.241 e. The van der Waals surface area contributed by atoms with Crippen molar-refractivity contribution in [1.29, 1.82) is 0 Å². The molecule has 0 bridgehead atoms. The highest BCUT2D eigenvalue weighted by atomic mass is 16.3. The molecule has 19 heavy (non-hydrogen) atoms. The number of nitrogens with one attached hydrogen (secondary N) is 2. The standard InChI is InChI=1S/C15H18N2O2/c1-11(14-9-6-10-19-14)16-12(2)15(18)17-13-7-4-3-5-8-13/h3-12,16H,1-2H3,(H,17,18). The van der Waals surface area contributed by atoms with Gasteiger partial charge in [-0.2, -0.15) is 0 Å². The quantitative estimate of drug-likeness (QED) is 0.867. The van der Waals surface area contributed by atoms with Crippen LogP contribution < -0.4 is 10.6 Å². The van der Waals surface area contributed by atoms with Crippen LogP contribution in [0.3, 0.4) is 0 Å². The van der Waals surface area contributed by atoms with E-state index in [4.69, 9.17) is 4.42 Å². The largest absolute Gasteiger partial charge is 0.468 e. The summed E-state index contributed by atoms with van der Waals surface area (Å²) < 4.78 is 5.30. The average Bonchev–Trinajstić information content (AvgIpc) is 2.93. The van der Waals surface area contributed by atoms with Gasteiger partial charge in [0.15, 0.2) is 0 Å². The molecule has 100 valence electrons. The Bertz CT molecular complexity index is 508. The summed E-state index contributed by atoms with van der Waals surface area (Å²) >= 11 is 0. The highest BCUT2D eigenvalue weighted by Crippen LogP contribution is 2.13.